The lowest BCUT2D eigenvalue weighted by Crippen LogP contribution is -2.35. The molecule has 0 saturated heterocycles. The second kappa shape index (κ2) is 10.0. The third kappa shape index (κ3) is 5.32. The summed E-state index contributed by atoms with van der Waals surface area (Å²) in [5.74, 6) is -0.862. The number of amides is 1. The van der Waals surface area contributed by atoms with Crippen molar-refractivity contribution in [1.29, 1.82) is 0 Å². The molecular weight excluding hydrogens is 382 g/mol. The first-order valence-electron chi connectivity index (χ1n) is 9.33. The monoisotopic (exact) mass is 403 g/mol. The normalized spacial score (nSPS) is 11.2. The molecule has 152 valence electrons. The van der Waals surface area contributed by atoms with E-state index in [-0.39, 0.29) is 5.78 Å². The molecule has 1 amide bonds. The second-order valence-corrected chi connectivity index (χ2v) is 6.44. The third-order valence-electron chi connectivity index (χ3n) is 4.44. The van der Waals surface area contributed by atoms with E-state index in [1.807, 2.05) is 0 Å². The summed E-state index contributed by atoms with van der Waals surface area (Å²) in [6, 6.07) is 22.8. The zero-order valence-electron chi connectivity index (χ0n) is 16.4. The number of Topliss-reactive ketones (excluding diaryl/α,β-unsaturated/α-hetero) is 1. The van der Waals surface area contributed by atoms with Crippen LogP contribution in [0, 0.1) is 0 Å². The summed E-state index contributed by atoms with van der Waals surface area (Å²) in [6.45, 7) is -0.435. The van der Waals surface area contributed by atoms with E-state index in [2.05, 4.69) is 5.32 Å². The highest BCUT2D eigenvalue weighted by molar-refractivity contribution is 5.99. The van der Waals surface area contributed by atoms with E-state index in [0.717, 1.165) is 0 Å². The molecule has 0 spiro atoms. The van der Waals surface area contributed by atoms with Crippen molar-refractivity contribution in [2.75, 3.05) is 13.7 Å². The van der Waals surface area contributed by atoms with Crippen LogP contribution in [-0.2, 0) is 9.53 Å². The molecule has 0 heterocycles. The van der Waals surface area contributed by atoms with Crippen molar-refractivity contribution in [2.45, 2.75) is 6.04 Å². The minimum absolute atomic E-state index is 0.354. The van der Waals surface area contributed by atoms with Crippen LogP contribution in [-0.4, -0.2) is 31.4 Å². The fourth-order valence-corrected chi connectivity index (χ4v) is 2.81. The van der Waals surface area contributed by atoms with Gasteiger partial charge < -0.3 is 14.8 Å². The Labute approximate surface area is 174 Å². The van der Waals surface area contributed by atoms with Gasteiger partial charge in [0.1, 0.15) is 5.75 Å². The predicted octanol–water partition coefficient (Wildman–Crippen LogP) is 3.59. The molecule has 3 rings (SSSR count). The van der Waals surface area contributed by atoms with E-state index in [1.54, 1.807) is 84.9 Å². The van der Waals surface area contributed by atoms with Crippen LogP contribution in [0.15, 0.2) is 84.9 Å². The number of hydrogen-bond donors (Lipinski definition) is 1. The minimum atomic E-state index is -1.04. The van der Waals surface area contributed by atoms with Crippen molar-refractivity contribution in [1.82, 2.24) is 5.32 Å². The van der Waals surface area contributed by atoms with Crippen molar-refractivity contribution in [3.8, 4) is 5.75 Å². The van der Waals surface area contributed by atoms with Crippen LogP contribution in [0.4, 0.5) is 0 Å². The molecule has 3 aromatic carbocycles. The SMILES string of the molecule is COc1ccc(C(=O)COC(=O)C(NC(=O)c2ccccc2)c2ccccc2)cc1. The Morgan fingerprint density at radius 2 is 1.40 bits per heavy atom. The van der Waals surface area contributed by atoms with Gasteiger partial charge in [0.25, 0.3) is 5.91 Å². The second-order valence-electron chi connectivity index (χ2n) is 6.44. The number of hydrogen-bond acceptors (Lipinski definition) is 5. The first-order chi connectivity index (χ1) is 14.6. The molecule has 6 heteroatoms. The van der Waals surface area contributed by atoms with Crippen LogP contribution in [0.3, 0.4) is 0 Å². The molecule has 1 N–H and O–H groups in total. The Kier molecular flexibility index (Phi) is 6.95. The van der Waals surface area contributed by atoms with Crippen LogP contribution < -0.4 is 10.1 Å². The van der Waals surface area contributed by atoms with Crippen LogP contribution in [0.1, 0.15) is 32.3 Å². The van der Waals surface area contributed by atoms with Crippen LogP contribution in [0.2, 0.25) is 0 Å². The molecule has 0 bridgehead atoms. The molecule has 6 nitrogen and oxygen atoms in total. The maximum Gasteiger partial charge on any atom is 0.333 e. The average molecular weight is 403 g/mol. The Morgan fingerprint density at radius 1 is 0.800 bits per heavy atom. The lowest BCUT2D eigenvalue weighted by atomic mass is 10.1. The molecule has 0 aliphatic rings. The summed E-state index contributed by atoms with van der Waals surface area (Å²) in [5.41, 5.74) is 1.37. The number of ketones is 1. The van der Waals surface area contributed by atoms with Gasteiger partial charge in [0.2, 0.25) is 0 Å². The lowest BCUT2D eigenvalue weighted by Gasteiger charge is -2.18. The molecule has 0 aromatic heterocycles. The molecule has 0 radical (unpaired) electrons. The first kappa shape index (κ1) is 20.8. The van der Waals surface area contributed by atoms with E-state index >= 15 is 0 Å². The quantitative estimate of drug-likeness (QED) is 0.459. The predicted molar refractivity (Wildman–Crippen MR) is 111 cm³/mol. The number of carbonyl (C=O) groups is 3. The first-order valence-corrected chi connectivity index (χ1v) is 9.33. The maximum atomic E-state index is 12.7. The average Bonchev–Trinajstić information content (AvgIpc) is 2.81. The van der Waals surface area contributed by atoms with Gasteiger partial charge in [-0.3, -0.25) is 9.59 Å². The molecule has 1 unspecified atom stereocenters. The number of carbonyl (C=O) groups excluding carboxylic acids is 3. The molecule has 0 aliphatic heterocycles. The Balaban J connectivity index is 1.70. The standard InChI is InChI=1S/C24H21NO5/c1-29-20-14-12-17(13-15-20)21(26)16-30-24(28)22(18-8-4-2-5-9-18)25-23(27)19-10-6-3-7-11-19/h2-15,22H,16H2,1H3,(H,25,27). The summed E-state index contributed by atoms with van der Waals surface area (Å²) in [5, 5.41) is 2.69. The van der Waals surface area contributed by atoms with Gasteiger partial charge >= 0.3 is 5.97 Å². The number of methoxy groups -OCH3 is 1. The van der Waals surface area contributed by atoms with Gasteiger partial charge in [0, 0.05) is 11.1 Å². The molecular formula is C24H21NO5. The summed E-state index contributed by atoms with van der Waals surface area (Å²) in [4.78, 5) is 37.6. The van der Waals surface area contributed by atoms with Crippen molar-refractivity contribution in [3.05, 3.63) is 102 Å². The lowest BCUT2D eigenvalue weighted by molar-refractivity contribution is -0.145. The molecule has 0 aliphatic carbocycles. The van der Waals surface area contributed by atoms with Gasteiger partial charge in [-0.2, -0.15) is 0 Å². The zero-order valence-corrected chi connectivity index (χ0v) is 16.4. The largest absolute Gasteiger partial charge is 0.497 e. The van der Waals surface area contributed by atoms with Crippen LogP contribution in [0.25, 0.3) is 0 Å². The number of ether oxygens (including phenoxy) is 2. The Hall–Kier alpha value is -3.93. The van der Waals surface area contributed by atoms with Gasteiger partial charge in [0.05, 0.1) is 7.11 Å². The molecule has 0 fully saturated rings. The molecule has 1 atom stereocenters. The highest BCUT2D eigenvalue weighted by atomic mass is 16.5. The maximum absolute atomic E-state index is 12.7. The summed E-state index contributed by atoms with van der Waals surface area (Å²) in [7, 11) is 1.53. The molecule has 30 heavy (non-hydrogen) atoms. The van der Waals surface area contributed by atoms with Crippen molar-refractivity contribution >= 4 is 17.7 Å². The Morgan fingerprint density at radius 3 is 2.00 bits per heavy atom. The topological polar surface area (TPSA) is 81.7 Å². The van der Waals surface area contributed by atoms with Crippen molar-refractivity contribution < 1.29 is 23.9 Å². The smallest absolute Gasteiger partial charge is 0.333 e. The third-order valence-corrected chi connectivity index (χ3v) is 4.44. The summed E-state index contributed by atoms with van der Waals surface area (Å²) in [6.07, 6.45) is 0. The minimum Gasteiger partial charge on any atom is -0.497 e. The van der Waals surface area contributed by atoms with Crippen LogP contribution in [0.5, 0.6) is 5.75 Å². The van der Waals surface area contributed by atoms with Crippen LogP contribution >= 0.6 is 0 Å². The van der Waals surface area contributed by atoms with Crippen molar-refractivity contribution in [2.24, 2.45) is 0 Å². The highest BCUT2D eigenvalue weighted by Gasteiger charge is 2.25. The van der Waals surface area contributed by atoms with E-state index in [1.165, 1.54) is 7.11 Å². The molecule has 3 aromatic rings. The van der Waals surface area contributed by atoms with Gasteiger partial charge in [-0.05, 0) is 42.0 Å². The number of benzene rings is 3. The van der Waals surface area contributed by atoms with E-state index in [0.29, 0.717) is 22.4 Å². The van der Waals surface area contributed by atoms with E-state index < -0.39 is 24.5 Å². The summed E-state index contributed by atoms with van der Waals surface area (Å²) >= 11 is 0. The zero-order chi connectivity index (χ0) is 21.3. The van der Waals surface area contributed by atoms with Crippen molar-refractivity contribution in [3.63, 3.8) is 0 Å². The fraction of sp³-hybridized carbons (Fsp3) is 0.125. The molecule has 0 saturated carbocycles. The number of esters is 1. The Bertz CT molecular complexity index is 1000. The number of nitrogens with one attached hydrogen (secondary N) is 1. The van der Waals surface area contributed by atoms with E-state index in [4.69, 9.17) is 9.47 Å². The van der Waals surface area contributed by atoms with E-state index in [9.17, 15) is 14.4 Å². The highest BCUT2D eigenvalue weighted by Crippen LogP contribution is 2.17. The van der Waals surface area contributed by atoms with Gasteiger partial charge in [-0.15, -0.1) is 0 Å². The fourth-order valence-electron chi connectivity index (χ4n) is 2.81. The number of rotatable bonds is 8. The van der Waals surface area contributed by atoms with Gasteiger partial charge in [-0.1, -0.05) is 48.5 Å². The van der Waals surface area contributed by atoms with Gasteiger partial charge in [-0.25, -0.2) is 4.79 Å². The van der Waals surface area contributed by atoms with Gasteiger partial charge in [0.15, 0.2) is 18.4 Å². The summed E-state index contributed by atoms with van der Waals surface area (Å²) < 4.78 is 10.3.